The Kier molecular flexibility index (Phi) is 3.66. The standard InChI is InChI=1S/C14H15N3O2/c1-9-3-2-4-11(17-9)8-16-13-6-5-10(15)7-12(13)14(18)19/h2-7,16H,8,15H2,1H3,(H,18,19). The molecular formula is C14H15N3O2. The number of nitrogens with two attached hydrogens (primary N) is 1. The first kappa shape index (κ1) is 12.9. The molecule has 1 aromatic carbocycles. The average molecular weight is 257 g/mol. The van der Waals surface area contributed by atoms with Crippen molar-refractivity contribution in [1.82, 2.24) is 4.98 Å². The van der Waals surface area contributed by atoms with E-state index in [2.05, 4.69) is 10.3 Å². The van der Waals surface area contributed by atoms with Crippen molar-refractivity contribution in [2.45, 2.75) is 13.5 Å². The summed E-state index contributed by atoms with van der Waals surface area (Å²) in [6, 6.07) is 10.5. The Morgan fingerprint density at radius 3 is 2.84 bits per heavy atom. The van der Waals surface area contributed by atoms with Crippen LogP contribution >= 0.6 is 0 Å². The second-order valence-electron chi connectivity index (χ2n) is 4.23. The van der Waals surface area contributed by atoms with E-state index in [0.717, 1.165) is 11.4 Å². The number of hydrogen-bond acceptors (Lipinski definition) is 4. The smallest absolute Gasteiger partial charge is 0.337 e. The van der Waals surface area contributed by atoms with Gasteiger partial charge in [0, 0.05) is 17.1 Å². The van der Waals surface area contributed by atoms with E-state index in [1.807, 2.05) is 25.1 Å². The molecule has 0 aliphatic rings. The number of aryl methyl sites for hydroxylation is 1. The number of aromatic nitrogens is 1. The Morgan fingerprint density at radius 2 is 2.16 bits per heavy atom. The molecule has 98 valence electrons. The fourth-order valence-electron chi connectivity index (χ4n) is 1.78. The second-order valence-corrected chi connectivity index (χ2v) is 4.23. The van der Waals surface area contributed by atoms with Crippen molar-refractivity contribution in [2.24, 2.45) is 0 Å². The number of hydrogen-bond donors (Lipinski definition) is 3. The lowest BCUT2D eigenvalue weighted by Crippen LogP contribution is -2.08. The van der Waals surface area contributed by atoms with Crippen molar-refractivity contribution in [3.63, 3.8) is 0 Å². The molecule has 1 heterocycles. The molecular weight excluding hydrogens is 242 g/mol. The maximum absolute atomic E-state index is 11.1. The maximum atomic E-state index is 11.1. The zero-order valence-electron chi connectivity index (χ0n) is 10.6. The van der Waals surface area contributed by atoms with Crippen LogP contribution in [0.2, 0.25) is 0 Å². The van der Waals surface area contributed by atoms with Gasteiger partial charge in [-0.3, -0.25) is 4.98 Å². The van der Waals surface area contributed by atoms with Gasteiger partial charge in [-0.25, -0.2) is 4.79 Å². The van der Waals surface area contributed by atoms with E-state index in [-0.39, 0.29) is 5.56 Å². The van der Waals surface area contributed by atoms with Crippen LogP contribution in [0.25, 0.3) is 0 Å². The SMILES string of the molecule is Cc1cccc(CNc2ccc(N)cc2C(=O)O)n1. The molecule has 0 unspecified atom stereocenters. The molecule has 0 aliphatic carbocycles. The summed E-state index contributed by atoms with van der Waals surface area (Å²) in [6.45, 7) is 2.38. The topological polar surface area (TPSA) is 88.2 Å². The van der Waals surface area contributed by atoms with Crippen LogP contribution in [0.4, 0.5) is 11.4 Å². The fraction of sp³-hybridized carbons (Fsp3) is 0.143. The number of anilines is 2. The van der Waals surface area contributed by atoms with Gasteiger partial charge in [0.2, 0.25) is 0 Å². The number of rotatable bonds is 4. The number of nitrogens with one attached hydrogen (secondary N) is 1. The lowest BCUT2D eigenvalue weighted by Gasteiger charge is -2.10. The van der Waals surface area contributed by atoms with Crippen LogP contribution in [-0.2, 0) is 6.54 Å². The zero-order chi connectivity index (χ0) is 13.8. The lowest BCUT2D eigenvalue weighted by molar-refractivity contribution is 0.0698. The molecule has 0 spiro atoms. The van der Waals surface area contributed by atoms with Gasteiger partial charge in [0.15, 0.2) is 0 Å². The van der Waals surface area contributed by atoms with E-state index in [0.29, 0.717) is 17.9 Å². The van der Waals surface area contributed by atoms with E-state index < -0.39 is 5.97 Å². The van der Waals surface area contributed by atoms with Gasteiger partial charge >= 0.3 is 5.97 Å². The van der Waals surface area contributed by atoms with Crippen molar-refractivity contribution >= 4 is 17.3 Å². The molecule has 5 nitrogen and oxygen atoms in total. The molecule has 1 aromatic heterocycles. The minimum Gasteiger partial charge on any atom is -0.478 e. The van der Waals surface area contributed by atoms with Crippen molar-refractivity contribution in [2.75, 3.05) is 11.1 Å². The summed E-state index contributed by atoms with van der Waals surface area (Å²) in [6.07, 6.45) is 0. The van der Waals surface area contributed by atoms with Crippen LogP contribution < -0.4 is 11.1 Å². The first-order valence-corrected chi connectivity index (χ1v) is 5.85. The van der Waals surface area contributed by atoms with E-state index in [4.69, 9.17) is 10.8 Å². The van der Waals surface area contributed by atoms with Gasteiger partial charge in [-0.2, -0.15) is 0 Å². The molecule has 0 saturated heterocycles. The van der Waals surface area contributed by atoms with Crippen molar-refractivity contribution < 1.29 is 9.90 Å². The predicted molar refractivity (Wildman–Crippen MR) is 74.1 cm³/mol. The normalized spacial score (nSPS) is 10.2. The van der Waals surface area contributed by atoms with Crippen LogP contribution in [0, 0.1) is 6.92 Å². The van der Waals surface area contributed by atoms with E-state index in [1.54, 1.807) is 12.1 Å². The molecule has 0 saturated carbocycles. The number of aromatic carboxylic acids is 1. The van der Waals surface area contributed by atoms with Crippen LogP contribution in [0.3, 0.4) is 0 Å². The lowest BCUT2D eigenvalue weighted by atomic mass is 10.1. The Bertz CT molecular complexity index is 611. The highest BCUT2D eigenvalue weighted by Crippen LogP contribution is 2.19. The Hall–Kier alpha value is -2.56. The van der Waals surface area contributed by atoms with Gasteiger partial charge in [0.1, 0.15) is 0 Å². The first-order valence-electron chi connectivity index (χ1n) is 5.85. The molecule has 0 fully saturated rings. The average Bonchev–Trinajstić information content (AvgIpc) is 2.37. The fourth-order valence-corrected chi connectivity index (χ4v) is 1.78. The molecule has 2 aromatic rings. The van der Waals surface area contributed by atoms with E-state index in [9.17, 15) is 4.79 Å². The highest BCUT2D eigenvalue weighted by Gasteiger charge is 2.10. The Labute approximate surface area is 111 Å². The molecule has 4 N–H and O–H groups in total. The molecule has 0 amide bonds. The van der Waals surface area contributed by atoms with Crippen LogP contribution in [0.5, 0.6) is 0 Å². The summed E-state index contributed by atoms with van der Waals surface area (Å²) in [5.41, 5.74) is 8.49. The second kappa shape index (κ2) is 5.39. The maximum Gasteiger partial charge on any atom is 0.337 e. The number of pyridine rings is 1. The van der Waals surface area contributed by atoms with Crippen LogP contribution in [0.1, 0.15) is 21.7 Å². The van der Waals surface area contributed by atoms with Crippen molar-refractivity contribution in [3.8, 4) is 0 Å². The van der Waals surface area contributed by atoms with Gasteiger partial charge < -0.3 is 16.2 Å². The molecule has 5 heteroatoms. The largest absolute Gasteiger partial charge is 0.478 e. The quantitative estimate of drug-likeness (QED) is 0.731. The predicted octanol–water partition coefficient (Wildman–Crippen LogP) is 2.28. The van der Waals surface area contributed by atoms with Gasteiger partial charge in [0.05, 0.1) is 17.8 Å². The van der Waals surface area contributed by atoms with Crippen molar-refractivity contribution in [1.29, 1.82) is 0 Å². The molecule has 19 heavy (non-hydrogen) atoms. The van der Waals surface area contributed by atoms with Gasteiger partial charge in [-0.05, 0) is 37.3 Å². The Balaban J connectivity index is 2.17. The summed E-state index contributed by atoms with van der Waals surface area (Å²) >= 11 is 0. The summed E-state index contributed by atoms with van der Waals surface area (Å²) in [4.78, 5) is 15.5. The third-order valence-corrected chi connectivity index (χ3v) is 2.68. The summed E-state index contributed by atoms with van der Waals surface area (Å²) < 4.78 is 0. The minimum atomic E-state index is -1.01. The minimum absolute atomic E-state index is 0.160. The molecule has 0 aliphatic heterocycles. The number of benzene rings is 1. The van der Waals surface area contributed by atoms with Gasteiger partial charge in [0.25, 0.3) is 0 Å². The Morgan fingerprint density at radius 1 is 1.37 bits per heavy atom. The van der Waals surface area contributed by atoms with Crippen molar-refractivity contribution in [3.05, 3.63) is 53.3 Å². The third-order valence-electron chi connectivity index (χ3n) is 2.68. The van der Waals surface area contributed by atoms with Gasteiger partial charge in [-0.1, -0.05) is 6.07 Å². The molecule has 0 radical (unpaired) electrons. The third kappa shape index (κ3) is 3.22. The summed E-state index contributed by atoms with van der Waals surface area (Å²) in [7, 11) is 0. The molecule has 0 atom stereocenters. The van der Waals surface area contributed by atoms with Crippen LogP contribution in [0.15, 0.2) is 36.4 Å². The number of carboxylic acid groups (broad SMARTS) is 1. The first-order chi connectivity index (χ1) is 9.06. The summed E-state index contributed by atoms with van der Waals surface area (Å²) in [5, 5.41) is 12.2. The van der Waals surface area contributed by atoms with Crippen LogP contribution in [-0.4, -0.2) is 16.1 Å². The monoisotopic (exact) mass is 257 g/mol. The van der Waals surface area contributed by atoms with E-state index in [1.165, 1.54) is 6.07 Å². The van der Waals surface area contributed by atoms with E-state index >= 15 is 0 Å². The molecule has 0 bridgehead atoms. The number of carboxylic acids is 1. The number of nitrogens with zero attached hydrogens (tertiary/aromatic N) is 1. The summed E-state index contributed by atoms with van der Waals surface area (Å²) in [5.74, 6) is -1.01. The van der Waals surface area contributed by atoms with Gasteiger partial charge in [-0.15, -0.1) is 0 Å². The zero-order valence-corrected chi connectivity index (χ0v) is 10.6. The highest BCUT2D eigenvalue weighted by molar-refractivity contribution is 5.95. The number of nitrogen functional groups attached to an aromatic ring is 1. The molecule has 2 rings (SSSR count). The number of carbonyl (C=O) groups is 1. The highest BCUT2D eigenvalue weighted by atomic mass is 16.4.